The summed E-state index contributed by atoms with van der Waals surface area (Å²) in [5.74, 6) is -1.08. The summed E-state index contributed by atoms with van der Waals surface area (Å²) in [6.07, 6.45) is -0.0283. The molecule has 16 heteroatoms. The highest BCUT2D eigenvalue weighted by atomic mass is 35.5. The number of rotatable bonds is 8. The van der Waals surface area contributed by atoms with Crippen molar-refractivity contribution in [2.75, 3.05) is 49.1 Å². The minimum atomic E-state index is -0.990. The SMILES string of the molecule is CC1(C)C(NC(=O)c2ccc(N3CCN(C4CN(c5ccc6c(c5)C(=O)N(C5CCC(=O)NC5=O)C6=O)C4)CC3)nn2)C(C)(C)C1Oc1ccc(C#N)c(Cl)c1. The van der Waals surface area contributed by atoms with Gasteiger partial charge in [0.2, 0.25) is 11.8 Å². The van der Waals surface area contributed by atoms with E-state index in [1.165, 1.54) is 0 Å². The van der Waals surface area contributed by atoms with Crippen LogP contribution >= 0.6 is 11.6 Å². The van der Waals surface area contributed by atoms with Crippen LogP contribution in [-0.4, -0.2) is 113 Å². The van der Waals surface area contributed by atoms with Crippen molar-refractivity contribution in [1.29, 1.82) is 5.26 Å². The van der Waals surface area contributed by atoms with E-state index in [0.717, 1.165) is 49.9 Å². The Labute approximate surface area is 328 Å². The first-order valence-electron chi connectivity index (χ1n) is 18.8. The van der Waals surface area contributed by atoms with Gasteiger partial charge in [-0.3, -0.25) is 39.1 Å². The highest BCUT2D eigenvalue weighted by Crippen LogP contribution is 2.55. The van der Waals surface area contributed by atoms with Crippen LogP contribution < -0.4 is 25.2 Å². The standard InChI is InChI=1S/C40H42ClN9O6/c1-39(2)37(40(3,4)38(39)56-25-7-5-22(19-42)28(41)18-25)44-33(52)29-9-11-31(46-45-29)48-15-13-47(14-16-48)24-20-49(21-24)23-6-8-26-27(17-23)36(55)50(35(26)54)30-10-12-32(51)43-34(30)53/h5-9,11,17-18,24,30,37-38H,10,12-16,20-21H2,1-4H3,(H,44,52)(H,43,51,53). The lowest BCUT2D eigenvalue weighted by atomic mass is 9.49. The molecule has 5 aliphatic rings. The molecule has 15 nitrogen and oxygen atoms in total. The van der Waals surface area contributed by atoms with Gasteiger partial charge in [0, 0.05) is 80.4 Å². The zero-order valence-corrected chi connectivity index (χ0v) is 32.3. The lowest BCUT2D eigenvalue weighted by molar-refractivity contribution is -0.164. The molecule has 0 spiro atoms. The summed E-state index contributed by atoms with van der Waals surface area (Å²) in [5.41, 5.74) is 1.18. The number of hydrogen-bond donors (Lipinski definition) is 2. The summed E-state index contributed by atoms with van der Waals surface area (Å²) in [6, 6.07) is 15.0. The van der Waals surface area contributed by atoms with E-state index < -0.39 is 40.5 Å². The van der Waals surface area contributed by atoms with Crippen LogP contribution in [0.2, 0.25) is 5.02 Å². The van der Waals surface area contributed by atoms with Crippen LogP contribution in [0, 0.1) is 22.2 Å². The fourth-order valence-corrected chi connectivity index (χ4v) is 9.50. The summed E-state index contributed by atoms with van der Waals surface area (Å²) >= 11 is 6.23. The lowest BCUT2D eigenvalue weighted by Crippen LogP contribution is -2.74. The largest absolute Gasteiger partial charge is 0.489 e. The molecule has 1 unspecified atom stereocenters. The molecule has 4 aliphatic heterocycles. The van der Waals surface area contributed by atoms with Gasteiger partial charge in [0.05, 0.1) is 21.7 Å². The smallest absolute Gasteiger partial charge is 0.272 e. The van der Waals surface area contributed by atoms with Crippen molar-refractivity contribution in [3.8, 4) is 11.8 Å². The molecule has 3 saturated heterocycles. The second kappa shape index (κ2) is 13.9. The number of halogens is 1. The molecular weight excluding hydrogens is 738 g/mol. The molecule has 8 rings (SSSR count). The second-order valence-corrected chi connectivity index (χ2v) is 16.7. The monoisotopic (exact) mass is 779 g/mol. The van der Waals surface area contributed by atoms with Crippen LogP contribution in [0.4, 0.5) is 11.5 Å². The van der Waals surface area contributed by atoms with Gasteiger partial charge in [0.1, 0.15) is 24.0 Å². The van der Waals surface area contributed by atoms with Crippen LogP contribution in [0.5, 0.6) is 5.75 Å². The topological polar surface area (TPSA) is 181 Å². The number of fused-ring (bicyclic) bond motifs is 1. The van der Waals surface area contributed by atoms with Crippen LogP contribution in [0.1, 0.15) is 77.3 Å². The number of piperazine rings is 1. The average Bonchev–Trinajstić information content (AvgIpc) is 3.40. The van der Waals surface area contributed by atoms with Gasteiger partial charge in [-0.15, -0.1) is 10.2 Å². The van der Waals surface area contributed by atoms with E-state index in [0.29, 0.717) is 28.2 Å². The maximum Gasteiger partial charge on any atom is 0.272 e. The van der Waals surface area contributed by atoms with Crippen molar-refractivity contribution in [2.24, 2.45) is 10.8 Å². The molecule has 2 N–H and O–H groups in total. The number of nitriles is 1. The quantitative estimate of drug-likeness (QED) is 0.320. The number of benzene rings is 2. The van der Waals surface area contributed by atoms with Gasteiger partial charge in [0.15, 0.2) is 11.5 Å². The van der Waals surface area contributed by atoms with E-state index in [-0.39, 0.29) is 47.7 Å². The predicted molar refractivity (Wildman–Crippen MR) is 204 cm³/mol. The molecule has 4 fully saturated rings. The number of carbonyl (C=O) groups is 5. The van der Waals surface area contributed by atoms with E-state index in [1.54, 1.807) is 36.4 Å². The number of aromatic nitrogens is 2. The van der Waals surface area contributed by atoms with Gasteiger partial charge in [-0.25, -0.2) is 0 Å². The van der Waals surface area contributed by atoms with Crippen LogP contribution in [0.25, 0.3) is 0 Å². The third-order valence-electron chi connectivity index (χ3n) is 12.1. The molecule has 1 aliphatic carbocycles. The number of nitrogens with one attached hydrogen (secondary N) is 2. The minimum absolute atomic E-state index is 0.0775. The van der Waals surface area contributed by atoms with Crippen molar-refractivity contribution in [2.45, 2.75) is 64.8 Å². The zero-order valence-electron chi connectivity index (χ0n) is 31.5. The Morgan fingerprint density at radius 2 is 1.62 bits per heavy atom. The Morgan fingerprint density at radius 1 is 0.911 bits per heavy atom. The molecule has 290 valence electrons. The van der Waals surface area contributed by atoms with Gasteiger partial charge in [0.25, 0.3) is 17.7 Å². The number of amides is 5. The van der Waals surface area contributed by atoms with Crippen molar-refractivity contribution in [3.05, 3.63) is 75.9 Å². The number of carbonyl (C=O) groups excluding carboxylic acids is 5. The average molecular weight is 780 g/mol. The summed E-state index contributed by atoms with van der Waals surface area (Å²) in [6.45, 7) is 12.9. The molecule has 1 atom stereocenters. The summed E-state index contributed by atoms with van der Waals surface area (Å²) in [4.78, 5) is 71.5. The number of hydrogen-bond acceptors (Lipinski definition) is 12. The zero-order chi connectivity index (χ0) is 39.7. The van der Waals surface area contributed by atoms with Crippen LogP contribution in [-0.2, 0) is 9.59 Å². The number of piperidine rings is 1. The maximum atomic E-state index is 13.4. The minimum Gasteiger partial charge on any atom is -0.489 e. The first kappa shape index (κ1) is 37.3. The molecule has 0 radical (unpaired) electrons. The second-order valence-electron chi connectivity index (χ2n) is 16.3. The molecule has 56 heavy (non-hydrogen) atoms. The van der Waals surface area contributed by atoms with Crippen LogP contribution in [0.3, 0.4) is 0 Å². The Bertz CT molecular complexity index is 2170. The molecule has 1 aromatic heterocycles. The van der Waals surface area contributed by atoms with Gasteiger partial charge in [-0.1, -0.05) is 39.3 Å². The number of anilines is 2. The third kappa shape index (κ3) is 6.30. The number of ether oxygens (including phenoxy) is 1. The van der Waals surface area contributed by atoms with Crippen molar-refractivity contribution < 1.29 is 28.7 Å². The predicted octanol–water partition coefficient (Wildman–Crippen LogP) is 3.03. The fourth-order valence-electron chi connectivity index (χ4n) is 9.28. The molecule has 0 bridgehead atoms. The number of imide groups is 2. The fraction of sp³-hybridized carbons (Fsp3) is 0.450. The molecule has 5 amide bonds. The molecule has 2 aromatic carbocycles. The molecule has 5 heterocycles. The highest BCUT2D eigenvalue weighted by Gasteiger charge is 2.64. The summed E-state index contributed by atoms with van der Waals surface area (Å²) < 4.78 is 6.34. The Balaban J connectivity index is 0.817. The highest BCUT2D eigenvalue weighted by molar-refractivity contribution is 6.31. The van der Waals surface area contributed by atoms with Gasteiger partial charge < -0.3 is 19.9 Å². The van der Waals surface area contributed by atoms with Gasteiger partial charge >= 0.3 is 0 Å². The first-order chi connectivity index (χ1) is 26.7. The van der Waals surface area contributed by atoms with E-state index >= 15 is 0 Å². The van der Waals surface area contributed by atoms with Gasteiger partial charge in [-0.2, -0.15) is 5.26 Å². The van der Waals surface area contributed by atoms with Crippen molar-refractivity contribution in [3.63, 3.8) is 0 Å². The number of nitrogens with zero attached hydrogens (tertiary/aromatic N) is 7. The molecule has 1 saturated carbocycles. The Hall–Kier alpha value is -5.59. The summed E-state index contributed by atoms with van der Waals surface area (Å²) in [7, 11) is 0. The van der Waals surface area contributed by atoms with Crippen molar-refractivity contribution >= 4 is 52.6 Å². The summed E-state index contributed by atoms with van der Waals surface area (Å²) in [5, 5.41) is 23.6. The Kier molecular flexibility index (Phi) is 9.24. The third-order valence-corrected chi connectivity index (χ3v) is 12.4. The van der Waals surface area contributed by atoms with E-state index in [9.17, 15) is 29.2 Å². The van der Waals surface area contributed by atoms with E-state index in [1.807, 2.05) is 39.8 Å². The van der Waals surface area contributed by atoms with E-state index in [4.69, 9.17) is 16.3 Å². The lowest BCUT2D eigenvalue weighted by Gasteiger charge is -2.63. The van der Waals surface area contributed by atoms with E-state index in [2.05, 4.69) is 41.6 Å². The maximum absolute atomic E-state index is 13.4. The first-order valence-corrected chi connectivity index (χ1v) is 19.2. The normalized spacial score (nSPS) is 24.5. The molecular formula is C40H42ClN9O6. The van der Waals surface area contributed by atoms with Gasteiger partial charge in [-0.05, 0) is 48.9 Å². The Morgan fingerprint density at radius 3 is 2.27 bits per heavy atom. The van der Waals surface area contributed by atoms with Crippen molar-refractivity contribution in [1.82, 2.24) is 30.6 Å². The molecule has 3 aromatic rings. The van der Waals surface area contributed by atoms with Crippen LogP contribution in [0.15, 0.2) is 48.5 Å².